The fourth-order valence-electron chi connectivity index (χ4n) is 4.39. The topological polar surface area (TPSA) is 171 Å². The summed E-state index contributed by atoms with van der Waals surface area (Å²) in [7, 11) is 2.83. The Bertz CT molecular complexity index is 1630. The average Bonchev–Trinajstić information content (AvgIpc) is 3.89. The summed E-state index contributed by atoms with van der Waals surface area (Å²) in [5.41, 5.74) is 2.14. The first-order valence-electron chi connectivity index (χ1n) is 15.7. The molecule has 2 aliphatic carbocycles. The molecule has 0 unspecified atom stereocenters. The molecule has 0 amide bonds. The second-order valence-corrected chi connectivity index (χ2v) is 10.9. The van der Waals surface area contributed by atoms with Gasteiger partial charge in [0.25, 0.3) is 0 Å². The van der Waals surface area contributed by atoms with Crippen molar-refractivity contribution in [2.45, 2.75) is 12.5 Å². The standard InChI is InChI=1S/C21H20O6.C15H16NO3.C5H5.Cu.Fe/c1-26-20-11-14(5-9-18(20)24)3-7-16(22)13-17(23)8-4-15-6-10-19(25)21(12-15)27-2;17-13-7-5-11(6-8-13)9-14(15(18)19)16-10-12-3-1-2-4-12;1-2-4-5-3-1;;/h3-13,22,24-25H,1-2H3;1-8,14,16-17H,9-10H2,(H,18,19);1-5H;;/q;;;2*+2/p-2/b7-3+,8-4+,16-13-;;;;/t;14-;;;/m.0.../s1. The van der Waals surface area contributed by atoms with Crippen molar-refractivity contribution in [1.29, 1.82) is 0 Å². The van der Waals surface area contributed by atoms with Crippen LogP contribution in [0.1, 0.15) is 16.7 Å². The first-order valence-corrected chi connectivity index (χ1v) is 15.7. The van der Waals surface area contributed by atoms with Gasteiger partial charge in [-0.05, 0) is 129 Å². The molecular weight excluding hydrogens is 770 g/mol. The third kappa shape index (κ3) is 17.9. The van der Waals surface area contributed by atoms with Gasteiger partial charge in [-0.1, -0.05) is 48.2 Å². The van der Waals surface area contributed by atoms with Gasteiger partial charge in [0.05, 0.1) is 26.2 Å². The number of carboxylic acids is 1. The molecule has 3 aromatic carbocycles. The third-order valence-corrected chi connectivity index (χ3v) is 7.07. The molecule has 2 aliphatic rings. The molecule has 2 fully saturated rings. The fourth-order valence-corrected chi connectivity index (χ4v) is 4.39. The van der Waals surface area contributed by atoms with Crippen molar-refractivity contribution in [3.8, 4) is 28.7 Å². The van der Waals surface area contributed by atoms with Crippen molar-refractivity contribution in [3.63, 3.8) is 0 Å². The maximum atomic E-state index is 11.9. The molecule has 0 aliphatic heterocycles. The molecule has 0 aromatic heterocycles. The van der Waals surface area contributed by atoms with E-state index in [2.05, 4.69) is 5.32 Å². The molecule has 10 nitrogen and oxygen atoms in total. The van der Waals surface area contributed by atoms with Gasteiger partial charge in [0.1, 0.15) is 17.3 Å². The number of aliphatic carboxylic acids is 1. The number of ether oxygens (including phenoxy) is 2. The number of carbonyl (C=O) groups excluding carboxylic acids is 2. The van der Waals surface area contributed by atoms with Crippen LogP contribution in [0.25, 0.3) is 12.2 Å². The van der Waals surface area contributed by atoms with Gasteiger partial charge >= 0.3 is 34.1 Å². The van der Waals surface area contributed by atoms with Crippen LogP contribution in [0.5, 0.6) is 28.7 Å². The number of rotatable bonds is 13. The first-order chi connectivity index (χ1) is 24.6. The van der Waals surface area contributed by atoms with Crippen molar-refractivity contribution in [3.05, 3.63) is 165 Å². The minimum atomic E-state index is -1.13. The number of methoxy groups -OCH3 is 2. The minimum Gasteiger partial charge on any atom is -0.870 e. The average molecular weight is 809 g/mol. The van der Waals surface area contributed by atoms with E-state index in [0.717, 1.165) is 17.6 Å². The zero-order valence-corrected chi connectivity index (χ0v) is 30.8. The van der Waals surface area contributed by atoms with Gasteiger partial charge in [0, 0.05) is 12.6 Å². The Morgan fingerprint density at radius 1 is 0.792 bits per heavy atom. The van der Waals surface area contributed by atoms with Crippen molar-refractivity contribution in [2.24, 2.45) is 0 Å². The van der Waals surface area contributed by atoms with Crippen LogP contribution >= 0.6 is 0 Å². The Morgan fingerprint density at radius 2 is 1.34 bits per heavy atom. The van der Waals surface area contributed by atoms with Crippen molar-refractivity contribution >= 4 is 23.9 Å². The summed E-state index contributed by atoms with van der Waals surface area (Å²) in [6.07, 6.45) is 24.8. The molecule has 3 aromatic rings. The number of allylic oxidation sites excluding steroid dienone is 3. The summed E-state index contributed by atoms with van der Waals surface area (Å²) in [6.45, 7) is 0.490. The van der Waals surface area contributed by atoms with Crippen LogP contribution in [-0.2, 0) is 50.1 Å². The minimum absolute atomic E-state index is 0. The predicted molar refractivity (Wildman–Crippen MR) is 191 cm³/mol. The van der Waals surface area contributed by atoms with E-state index in [1.165, 1.54) is 50.6 Å². The van der Waals surface area contributed by atoms with Crippen LogP contribution < -0.4 is 25.0 Å². The van der Waals surface area contributed by atoms with Gasteiger partial charge in [-0.15, -0.1) is 0 Å². The number of carbonyl (C=O) groups is 2. The Balaban J connectivity index is 0.000000469. The van der Waals surface area contributed by atoms with Crippen LogP contribution in [-0.4, -0.2) is 53.9 Å². The molecule has 0 spiro atoms. The molecular formula is C41H39CuFeNO9+2. The van der Waals surface area contributed by atoms with Crippen LogP contribution in [0.15, 0.2) is 84.7 Å². The zero-order chi connectivity index (χ0) is 37.0. The number of phenols is 2. The molecule has 12 heteroatoms. The summed E-state index contributed by atoms with van der Waals surface area (Å²) < 4.78 is 9.94. The van der Waals surface area contributed by atoms with E-state index in [0.29, 0.717) is 29.8 Å². The molecule has 0 heterocycles. The second kappa shape index (κ2) is 25.7. The van der Waals surface area contributed by atoms with Crippen LogP contribution in [0.2, 0.25) is 0 Å². The molecule has 2 saturated carbocycles. The van der Waals surface area contributed by atoms with Crippen LogP contribution in [0.3, 0.4) is 0 Å². The number of phenolic OH excluding ortho intramolecular Hbond substituents is 2. The van der Waals surface area contributed by atoms with Gasteiger partial charge < -0.3 is 45.1 Å². The second-order valence-electron chi connectivity index (χ2n) is 10.9. The molecule has 0 bridgehead atoms. The number of nitrogens with one attached hydrogen (secondary N) is 1. The van der Waals surface area contributed by atoms with Gasteiger partial charge in [-0.25, -0.2) is 0 Å². The van der Waals surface area contributed by atoms with Gasteiger partial charge in [-0.2, -0.15) is 0 Å². The molecule has 11 radical (unpaired) electrons. The van der Waals surface area contributed by atoms with E-state index >= 15 is 0 Å². The summed E-state index contributed by atoms with van der Waals surface area (Å²) in [6, 6.07) is 14.9. The van der Waals surface area contributed by atoms with E-state index < -0.39 is 17.8 Å². The number of ketones is 1. The van der Waals surface area contributed by atoms with Crippen molar-refractivity contribution in [2.75, 3.05) is 20.8 Å². The Labute approximate surface area is 333 Å². The van der Waals surface area contributed by atoms with Crippen molar-refractivity contribution < 1.29 is 78.7 Å². The number of aromatic hydroxyl groups is 2. The number of aliphatic hydroxyl groups excluding tert-OH is 1. The number of hydrogen-bond donors (Lipinski definition) is 4. The summed E-state index contributed by atoms with van der Waals surface area (Å²) in [5.74, 6) is -0.315. The van der Waals surface area contributed by atoms with E-state index in [4.69, 9.17) is 9.47 Å². The Kier molecular flexibility index (Phi) is 22.7. The molecule has 53 heavy (non-hydrogen) atoms. The first kappa shape index (κ1) is 46.8. The van der Waals surface area contributed by atoms with Gasteiger partial charge in [-0.3, -0.25) is 4.79 Å². The molecule has 5 rings (SSSR count). The van der Waals surface area contributed by atoms with E-state index in [-0.39, 0.29) is 62.9 Å². The molecule has 0 saturated heterocycles. The Hall–Kier alpha value is -4.18. The van der Waals surface area contributed by atoms with Crippen LogP contribution in [0, 0.1) is 63.7 Å². The third-order valence-electron chi connectivity index (χ3n) is 7.07. The number of hydrogen-bond acceptors (Lipinski definition) is 10. The molecule has 279 valence electrons. The van der Waals surface area contributed by atoms with Gasteiger partial charge in [0.2, 0.25) is 0 Å². The summed E-state index contributed by atoms with van der Waals surface area (Å²) >= 11 is 0. The van der Waals surface area contributed by atoms with Crippen LogP contribution in [0.4, 0.5) is 0 Å². The normalized spacial score (nSPS) is 14.6. The summed E-state index contributed by atoms with van der Waals surface area (Å²) in [5, 5.41) is 54.1. The fraction of sp³-hybridized carbons (Fsp3) is 0.122. The zero-order valence-electron chi connectivity index (χ0n) is 28.8. The number of carboxylic acid groups (broad SMARTS) is 1. The molecule has 1 atom stereocenters. The smallest absolute Gasteiger partial charge is 0.870 e. The van der Waals surface area contributed by atoms with E-state index in [1.807, 2.05) is 57.8 Å². The SMILES string of the molecule is COc1cc(/C=C/C(O)=C/C(=O)/C=C/c2ccc(O)c(OC)c2)ccc1[O-].O=C([O-])[C@H](Cc1ccc(O)cc1)NC[C]1[CH][CH][CH][CH]1.[CH]1[CH][CH][CH][CH]1.[Cu+2].[Fe+2]. The van der Waals surface area contributed by atoms with Crippen molar-refractivity contribution in [1.82, 2.24) is 5.32 Å². The van der Waals surface area contributed by atoms with E-state index in [1.54, 1.807) is 48.5 Å². The summed E-state index contributed by atoms with van der Waals surface area (Å²) in [4.78, 5) is 23.0. The van der Waals surface area contributed by atoms with E-state index in [9.17, 15) is 35.1 Å². The number of aliphatic hydroxyl groups is 1. The largest absolute Gasteiger partial charge is 2.00 e. The van der Waals surface area contributed by atoms with Gasteiger partial charge in [0.15, 0.2) is 17.3 Å². The predicted octanol–water partition coefficient (Wildman–Crippen LogP) is 4.29. The number of benzene rings is 3. The maximum absolute atomic E-state index is 11.9. The maximum Gasteiger partial charge on any atom is 2.00 e. The monoisotopic (exact) mass is 808 g/mol. The molecule has 4 N–H and O–H groups in total. The quantitative estimate of drug-likeness (QED) is 0.0846. The Morgan fingerprint density at radius 3 is 1.91 bits per heavy atom.